The van der Waals surface area contributed by atoms with Crippen LogP contribution in [0.1, 0.15) is 41.0 Å². The molecule has 3 aromatic rings. The molecule has 0 radical (unpaired) electrons. The van der Waals surface area contributed by atoms with Crippen LogP contribution in [-0.4, -0.2) is 25.9 Å². The Kier molecular flexibility index (Phi) is 6.48. The van der Waals surface area contributed by atoms with Crippen molar-refractivity contribution in [1.29, 1.82) is 0 Å². The van der Waals surface area contributed by atoms with Crippen molar-refractivity contribution in [2.45, 2.75) is 37.6 Å². The van der Waals surface area contributed by atoms with Gasteiger partial charge in [-0.3, -0.25) is 14.2 Å². The summed E-state index contributed by atoms with van der Waals surface area (Å²) in [6.07, 6.45) is 1.75. The predicted molar refractivity (Wildman–Crippen MR) is 125 cm³/mol. The zero-order valence-electron chi connectivity index (χ0n) is 17.8. The lowest BCUT2D eigenvalue weighted by Crippen LogP contribution is -2.25. The summed E-state index contributed by atoms with van der Waals surface area (Å²) in [6.45, 7) is 1.82. The fraction of sp³-hybridized carbons (Fsp3) is 0.250. The molecule has 4 rings (SSSR count). The van der Waals surface area contributed by atoms with Gasteiger partial charge in [0, 0.05) is 33.9 Å². The van der Waals surface area contributed by atoms with E-state index in [-0.39, 0.29) is 29.4 Å². The molecule has 0 aliphatic heterocycles. The molecule has 0 saturated carbocycles. The fourth-order valence-corrected chi connectivity index (χ4v) is 5.04. The molecule has 0 spiro atoms. The topological polar surface area (TPSA) is 74.0 Å². The smallest absolute Gasteiger partial charge is 0.294 e. The van der Waals surface area contributed by atoms with Gasteiger partial charge < -0.3 is 0 Å². The molecule has 8 heteroatoms. The number of hydrogen-bond acceptors (Lipinski definition) is 5. The van der Waals surface area contributed by atoms with Gasteiger partial charge >= 0.3 is 5.69 Å². The highest BCUT2D eigenvalue weighted by Crippen LogP contribution is 2.37. The zero-order valence-corrected chi connectivity index (χ0v) is 19.4. The second kappa shape index (κ2) is 9.30. The van der Waals surface area contributed by atoms with Gasteiger partial charge in [-0.2, -0.15) is 5.10 Å². The number of carbonyl (C=O) groups excluding carboxylic acids is 2. The SMILES string of the molecule is Cc1nn(Cc2cc(Cl)ccc2C(=O)C2=C(Sc3ccccc3)CCCC2=O)c(=O)n1C. The highest BCUT2D eigenvalue weighted by molar-refractivity contribution is 8.03. The van der Waals surface area contributed by atoms with Gasteiger partial charge in [0.25, 0.3) is 0 Å². The average Bonchev–Trinajstić information content (AvgIpc) is 3.01. The van der Waals surface area contributed by atoms with Crippen LogP contribution in [0.2, 0.25) is 5.02 Å². The number of hydrogen-bond donors (Lipinski definition) is 0. The van der Waals surface area contributed by atoms with Crippen LogP contribution in [0.25, 0.3) is 0 Å². The van der Waals surface area contributed by atoms with Crippen molar-refractivity contribution in [2.75, 3.05) is 0 Å². The van der Waals surface area contributed by atoms with Crippen LogP contribution in [0.5, 0.6) is 0 Å². The van der Waals surface area contributed by atoms with Gasteiger partial charge in [0.15, 0.2) is 11.6 Å². The molecule has 0 fully saturated rings. The Morgan fingerprint density at radius 3 is 2.56 bits per heavy atom. The van der Waals surface area contributed by atoms with Crippen LogP contribution < -0.4 is 5.69 Å². The summed E-state index contributed by atoms with van der Waals surface area (Å²) in [6, 6.07) is 14.6. The van der Waals surface area contributed by atoms with Gasteiger partial charge in [0.1, 0.15) is 5.82 Å². The maximum absolute atomic E-state index is 13.6. The predicted octanol–water partition coefficient (Wildman–Crippen LogP) is 4.57. The molecule has 0 bridgehead atoms. The highest BCUT2D eigenvalue weighted by atomic mass is 35.5. The summed E-state index contributed by atoms with van der Waals surface area (Å²) in [4.78, 5) is 40.7. The summed E-state index contributed by atoms with van der Waals surface area (Å²) in [5.74, 6) is 0.0866. The van der Waals surface area contributed by atoms with Crippen molar-refractivity contribution in [3.63, 3.8) is 0 Å². The number of Topliss-reactive ketones (excluding diaryl/α,β-unsaturated/α-hetero) is 2. The molecule has 0 atom stereocenters. The summed E-state index contributed by atoms with van der Waals surface area (Å²) in [7, 11) is 1.64. The van der Waals surface area contributed by atoms with E-state index in [0.29, 0.717) is 34.8 Å². The lowest BCUT2D eigenvalue weighted by Gasteiger charge is -2.19. The number of carbonyl (C=O) groups is 2. The van der Waals surface area contributed by atoms with Crippen LogP contribution in [0, 0.1) is 6.92 Å². The van der Waals surface area contributed by atoms with E-state index in [4.69, 9.17) is 11.6 Å². The van der Waals surface area contributed by atoms with E-state index >= 15 is 0 Å². The van der Waals surface area contributed by atoms with Gasteiger partial charge in [-0.25, -0.2) is 9.48 Å². The Hall–Kier alpha value is -2.90. The van der Waals surface area contributed by atoms with Crippen molar-refractivity contribution in [3.8, 4) is 0 Å². The van der Waals surface area contributed by atoms with E-state index in [1.165, 1.54) is 21.0 Å². The normalized spacial score (nSPS) is 14.2. The number of benzene rings is 2. The third-order valence-corrected chi connectivity index (χ3v) is 6.86. The van der Waals surface area contributed by atoms with Gasteiger partial charge in [-0.15, -0.1) is 0 Å². The molecular weight excluding hydrogens is 446 g/mol. The van der Waals surface area contributed by atoms with Gasteiger partial charge in [-0.05, 0) is 55.7 Å². The number of ketones is 2. The molecule has 0 amide bonds. The maximum Gasteiger partial charge on any atom is 0.345 e. The van der Waals surface area contributed by atoms with Crippen LogP contribution in [0.4, 0.5) is 0 Å². The summed E-state index contributed by atoms with van der Waals surface area (Å²) in [5, 5.41) is 4.71. The first kappa shape index (κ1) is 22.3. The molecule has 0 saturated heterocycles. The van der Waals surface area contributed by atoms with E-state index in [9.17, 15) is 14.4 Å². The van der Waals surface area contributed by atoms with Gasteiger partial charge in [0.05, 0.1) is 12.1 Å². The average molecular weight is 468 g/mol. The quantitative estimate of drug-likeness (QED) is 0.392. The Balaban J connectivity index is 1.76. The number of aryl methyl sites for hydroxylation is 1. The monoisotopic (exact) mass is 467 g/mol. The van der Waals surface area contributed by atoms with Crippen molar-refractivity contribution < 1.29 is 9.59 Å². The standard InChI is InChI=1S/C24H22ClN3O3S/c1-15-26-28(24(31)27(15)2)14-16-13-17(25)11-12-19(16)23(30)22-20(29)9-6-10-21(22)32-18-7-4-3-5-8-18/h3-5,7-8,11-13H,6,9-10,14H2,1-2H3. The molecule has 2 aromatic carbocycles. The van der Waals surface area contributed by atoms with E-state index in [0.717, 1.165) is 16.2 Å². The largest absolute Gasteiger partial charge is 0.345 e. The van der Waals surface area contributed by atoms with Crippen molar-refractivity contribution in [3.05, 3.63) is 91.5 Å². The molecule has 1 aromatic heterocycles. The minimum absolute atomic E-state index is 0.0881. The zero-order chi connectivity index (χ0) is 22.8. The lowest BCUT2D eigenvalue weighted by molar-refractivity contribution is -0.115. The molecule has 164 valence electrons. The van der Waals surface area contributed by atoms with E-state index in [1.807, 2.05) is 30.3 Å². The van der Waals surface area contributed by atoms with E-state index in [1.54, 1.807) is 32.2 Å². The van der Waals surface area contributed by atoms with E-state index in [2.05, 4.69) is 5.10 Å². The first-order valence-corrected chi connectivity index (χ1v) is 11.5. The molecular formula is C24H22ClN3O3S. The second-order valence-corrected chi connectivity index (χ2v) is 9.27. The van der Waals surface area contributed by atoms with E-state index < -0.39 is 0 Å². The highest BCUT2D eigenvalue weighted by Gasteiger charge is 2.29. The molecule has 0 N–H and O–H groups in total. The lowest BCUT2D eigenvalue weighted by atomic mass is 9.89. The minimum atomic E-state index is -0.333. The third-order valence-electron chi connectivity index (χ3n) is 5.47. The molecule has 1 heterocycles. The first-order valence-electron chi connectivity index (χ1n) is 10.3. The number of halogens is 1. The molecule has 0 unspecified atom stereocenters. The third kappa shape index (κ3) is 4.49. The Labute approximate surface area is 194 Å². The molecule has 1 aliphatic rings. The van der Waals surface area contributed by atoms with Crippen LogP contribution >= 0.6 is 23.4 Å². The number of allylic oxidation sites excluding steroid dienone is 2. The minimum Gasteiger partial charge on any atom is -0.294 e. The summed E-state index contributed by atoms with van der Waals surface area (Å²) < 4.78 is 2.74. The summed E-state index contributed by atoms with van der Waals surface area (Å²) >= 11 is 7.67. The fourth-order valence-electron chi connectivity index (χ4n) is 3.71. The Bertz CT molecular complexity index is 1290. The maximum atomic E-state index is 13.6. The number of thioether (sulfide) groups is 1. The Morgan fingerprint density at radius 2 is 1.88 bits per heavy atom. The molecule has 32 heavy (non-hydrogen) atoms. The van der Waals surface area contributed by atoms with Crippen LogP contribution in [-0.2, 0) is 18.4 Å². The van der Waals surface area contributed by atoms with Gasteiger partial charge in [-0.1, -0.05) is 41.6 Å². The molecule has 6 nitrogen and oxygen atoms in total. The Morgan fingerprint density at radius 1 is 1.12 bits per heavy atom. The van der Waals surface area contributed by atoms with Crippen LogP contribution in [0.3, 0.4) is 0 Å². The van der Waals surface area contributed by atoms with Crippen molar-refractivity contribution in [2.24, 2.45) is 7.05 Å². The first-order chi connectivity index (χ1) is 15.3. The summed E-state index contributed by atoms with van der Waals surface area (Å²) in [5.41, 5.74) is 0.867. The number of rotatable bonds is 6. The van der Waals surface area contributed by atoms with Crippen molar-refractivity contribution >= 4 is 34.9 Å². The van der Waals surface area contributed by atoms with Crippen LogP contribution in [0.15, 0.2) is 68.7 Å². The number of aromatic nitrogens is 3. The molecule has 1 aliphatic carbocycles. The number of nitrogens with zero attached hydrogens (tertiary/aromatic N) is 3. The second-order valence-electron chi connectivity index (χ2n) is 7.67. The van der Waals surface area contributed by atoms with Gasteiger partial charge in [0.2, 0.25) is 0 Å². The van der Waals surface area contributed by atoms with Crippen molar-refractivity contribution in [1.82, 2.24) is 14.3 Å².